The number of aromatic nitrogens is 1. The van der Waals surface area contributed by atoms with E-state index < -0.39 is 6.10 Å². The number of carbonyl (C=O) groups excluding carboxylic acids is 2. The van der Waals surface area contributed by atoms with Gasteiger partial charge in [-0.05, 0) is 32.9 Å². The second-order valence-corrected chi connectivity index (χ2v) is 4.09. The summed E-state index contributed by atoms with van der Waals surface area (Å²) >= 11 is 0. The Balaban J connectivity index is 2.67. The van der Waals surface area contributed by atoms with Gasteiger partial charge in [0, 0.05) is 18.4 Å². The number of ether oxygens (including phenoxy) is 1. The monoisotopic (exact) mass is 250 g/mol. The van der Waals surface area contributed by atoms with Crippen LogP contribution < -0.4 is 5.32 Å². The van der Waals surface area contributed by atoms with Gasteiger partial charge in [0.15, 0.2) is 5.78 Å². The molecule has 1 amide bonds. The van der Waals surface area contributed by atoms with Crippen LogP contribution >= 0.6 is 0 Å². The highest BCUT2D eigenvalue weighted by atomic mass is 16.5. The van der Waals surface area contributed by atoms with E-state index in [2.05, 4.69) is 10.3 Å². The fraction of sp³-hybridized carbons (Fsp3) is 0.462. The van der Waals surface area contributed by atoms with Crippen molar-refractivity contribution in [2.75, 3.05) is 7.11 Å². The number of carbonyl (C=O) groups is 2. The van der Waals surface area contributed by atoms with Gasteiger partial charge in [0.2, 0.25) is 5.91 Å². The van der Waals surface area contributed by atoms with Crippen molar-refractivity contribution in [3.05, 3.63) is 29.1 Å². The molecule has 0 aliphatic rings. The summed E-state index contributed by atoms with van der Waals surface area (Å²) in [5.41, 5.74) is 2.00. The predicted octanol–water partition coefficient (Wildman–Crippen LogP) is 1.24. The number of aryl methyl sites for hydroxylation is 1. The van der Waals surface area contributed by atoms with E-state index >= 15 is 0 Å². The van der Waals surface area contributed by atoms with Crippen molar-refractivity contribution in [3.63, 3.8) is 0 Å². The first-order valence-electron chi connectivity index (χ1n) is 5.73. The number of amides is 1. The Labute approximate surface area is 107 Å². The molecule has 0 bridgehead atoms. The minimum absolute atomic E-state index is 0.0106. The molecule has 1 N–H and O–H groups in total. The molecule has 0 aliphatic heterocycles. The molecule has 0 fully saturated rings. The average Bonchev–Trinajstić information content (AvgIpc) is 2.34. The summed E-state index contributed by atoms with van der Waals surface area (Å²) < 4.78 is 4.90. The van der Waals surface area contributed by atoms with Crippen LogP contribution in [0.25, 0.3) is 0 Å². The number of nitrogens with zero attached hydrogens (tertiary/aromatic N) is 1. The summed E-state index contributed by atoms with van der Waals surface area (Å²) in [6.45, 7) is 5.28. The van der Waals surface area contributed by atoms with Crippen LogP contribution in [0.5, 0.6) is 0 Å². The number of methoxy groups -OCH3 is 1. The van der Waals surface area contributed by atoms with Crippen LogP contribution in [0.3, 0.4) is 0 Å². The van der Waals surface area contributed by atoms with Crippen LogP contribution in [0.15, 0.2) is 12.1 Å². The zero-order valence-electron chi connectivity index (χ0n) is 11.1. The first-order chi connectivity index (χ1) is 8.45. The standard InChI is InChI=1S/C13H18N2O3/c1-8-12(9(2)16)6-5-11(15-8)7-14-13(17)10(3)18-4/h5-6,10H,7H2,1-4H3,(H,14,17)/t10-/m1/s1. The molecule has 0 aromatic carbocycles. The van der Waals surface area contributed by atoms with E-state index in [1.807, 2.05) is 0 Å². The molecule has 5 nitrogen and oxygen atoms in total. The molecule has 0 spiro atoms. The fourth-order valence-electron chi connectivity index (χ4n) is 1.51. The zero-order chi connectivity index (χ0) is 13.7. The van der Waals surface area contributed by atoms with Gasteiger partial charge in [0.1, 0.15) is 6.10 Å². The van der Waals surface area contributed by atoms with E-state index in [-0.39, 0.29) is 11.7 Å². The Kier molecular flexibility index (Phi) is 4.97. The maximum Gasteiger partial charge on any atom is 0.249 e. The van der Waals surface area contributed by atoms with E-state index in [4.69, 9.17) is 4.74 Å². The van der Waals surface area contributed by atoms with Crippen LogP contribution in [0, 0.1) is 6.92 Å². The SMILES string of the molecule is CO[C@H](C)C(=O)NCc1ccc(C(C)=O)c(C)n1. The van der Waals surface area contributed by atoms with E-state index in [1.165, 1.54) is 14.0 Å². The van der Waals surface area contributed by atoms with Gasteiger partial charge in [0.25, 0.3) is 0 Å². The van der Waals surface area contributed by atoms with E-state index in [1.54, 1.807) is 26.0 Å². The average molecular weight is 250 g/mol. The van der Waals surface area contributed by atoms with E-state index in [9.17, 15) is 9.59 Å². The molecule has 0 radical (unpaired) electrons. The molecular formula is C13H18N2O3. The Morgan fingerprint density at radius 3 is 2.61 bits per heavy atom. The Morgan fingerprint density at radius 2 is 2.11 bits per heavy atom. The molecule has 1 aromatic heterocycles. The molecular weight excluding hydrogens is 232 g/mol. The third-order valence-electron chi connectivity index (χ3n) is 2.69. The second kappa shape index (κ2) is 6.26. The highest BCUT2D eigenvalue weighted by Gasteiger charge is 2.11. The Hall–Kier alpha value is -1.75. The Morgan fingerprint density at radius 1 is 1.44 bits per heavy atom. The third-order valence-corrected chi connectivity index (χ3v) is 2.69. The molecule has 18 heavy (non-hydrogen) atoms. The highest BCUT2D eigenvalue weighted by molar-refractivity contribution is 5.95. The van der Waals surface area contributed by atoms with Gasteiger partial charge in [-0.2, -0.15) is 0 Å². The third kappa shape index (κ3) is 3.63. The summed E-state index contributed by atoms with van der Waals surface area (Å²) in [6, 6.07) is 3.47. The van der Waals surface area contributed by atoms with Gasteiger partial charge in [-0.1, -0.05) is 0 Å². The molecule has 1 rings (SSSR count). The van der Waals surface area contributed by atoms with Gasteiger partial charge in [-0.15, -0.1) is 0 Å². The van der Waals surface area contributed by atoms with Gasteiger partial charge in [-0.25, -0.2) is 0 Å². The van der Waals surface area contributed by atoms with Crippen LogP contribution in [0.1, 0.15) is 35.6 Å². The first kappa shape index (κ1) is 14.3. The summed E-state index contributed by atoms with van der Waals surface area (Å²) in [5, 5.41) is 2.71. The van der Waals surface area contributed by atoms with Crippen LogP contribution in [-0.4, -0.2) is 29.9 Å². The molecule has 0 unspecified atom stereocenters. The lowest BCUT2D eigenvalue weighted by Gasteiger charge is -2.10. The number of nitrogens with one attached hydrogen (secondary N) is 1. The number of pyridine rings is 1. The Bertz CT molecular complexity index is 458. The van der Waals surface area contributed by atoms with Crippen molar-refractivity contribution in [2.24, 2.45) is 0 Å². The summed E-state index contributed by atoms with van der Waals surface area (Å²) in [7, 11) is 1.48. The molecule has 0 aliphatic carbocycles. The molecule has 0 saturated carbocycles. The molecule has 1 aromatic rings. The number of hydrogen-bond acceptors (Lipinski definition) is 4. The van der Waals surface area contributed by atoms with Gasteiger partial charge in [-0.3, -0.25) is 14.6 Å². The number of hydrogen-bond donors (Lipinski definition) is 1. The minimum atomic E-state index is -0.484. The molecule has 1 atom stereocenters. The lowest BCUT2D eigenvalue weighted by molar-refractivity contribution is -0.130. The smallest absolute Gasteiger partial charge is 0.249 e. The quantitative estimate of drug-likeness (QED) is 0.798. The maximum absolute atomic E-state index is 11.5. The van der Waals surface area contributed by atoms with E-state index in [0.717, 1.165) is 0 Å². The van der Waals surface area contributed by atoms with Crippen molar-refractivity contribution >= 4 is 11.7 Å². The summed E-state index contributed by atoms with van der Waals surface area (Å²) in [4.78, 5) is 27.0. The highest BCUT2D eigenvalue weighted by Crippen LogP contribution is 2.07. The van der Waals surface area contributed by atoms with Gasteiger partial charge >= 0.3 is 0 Å². The zero-order valence-corrected chi connectivity index (χ0v) is 11.1. The lowest BCUT2D eigenvalue weighted by Crippen LogP contribution is -2.33. The van der Waals surface area contributed by atoms with Crippen LogP contribution in [0.2, 0.25) is 0 Å². The second-order valence-electron chi connectivity index (χ2n) is 4.09. The molecule has 0 saturated heterocycles. The largest absolute Gasteiger partial charge is 0.372 e. The van der Waals surface area contributed by atoms with Gasteiger partial charge < -0.3 is 10.1 Å². The normalized spacial score (nSPS) is 12.0. The minimum Gasteiger partial charge on any atom is -0.372 e. The molecule has 1 heterocycles. The van der Waals surface area contributed by atoms with E-state index in [0.29, 0.717) is 23.5 Å². The summed E-state index contributed by atoms with van der Waals surface area (Å²) in [5.74, 6) is -0.198. The van der Waals surface area contributed by atoms with Crippen molar-refractivity contribution in [1.29, 1.82) is 0 Å². The van der Waals surface area contributed by atoms with Crippen LogP contribution in [0.4, 0.5) is 0 Å². The number of Topliss-reactive ketones (excluding diaryl/α,β-unsaturated/α-hetero) is 1. The number of rotatable bonds is 5. The van der Waals surface area contributed by atoms with Gasteiger partial charge in [0.05, 0.1) is 12.2 Å². The van der Waals surface area contributed by atoms with Crippen molar-refractivity contribution < 1.29 is 14.3 Å². The molecule has 5 heteroatoms. The number of ketones is 1. The molecule has 98 valence electrons. The first-order valence-corrected chi connectivity index (χ1v) is 5.73. The predicted molar refractivity (Wildman–Crippen MR) is 67.3 cm³/mol. The summed E-state index contributed by atoms with van der Waals surface area (Å²) in [6.07, 6.45) is -0.484. The fourth-order valence-corrected chi connectivity index (χ4v) is 1.51. The topological polar surface area (TPSA) is 68.3 Å². The van der Waals surface area contributed by atoms with Crippen molar-refractivity contribution in [3.8, 4) is 0 Å². The lowest BCUT2D eigenvalue weighted by atomic mass is 10.1. The maximum atomic E-state index is 11.5. The van der Waals surface area contributed by atoms with Crippen LogP contribution in [-0.2, 0) is 16.1 Å². The van der Waals surface area contributed by atoms with Crippen molar-refractivity contribution in [1.82, 2.24) is 10.3 Å². The van der Waals surface area contributed by atoms with Crippen molar-refractivity contribution in [2.45, 2.75) is 33.4 Å².